The number of benzene rings is 18. The van der Waals surface area contributed by atoms with Gasteiger partial charge in [0.2, 0.25) is 0 Å². The van der Waals surface area contributed by atoms with E-state index in [9.17, 15) is 0 Å². The van der Waals surface area contributed by atoms with Crippen LogP contribution >= 0.6 is 0 Å². The third kappa shape index (κ3) is 13.9. The van der Waals surface area contributed by atoms with Crippen molar-refractivity contribution in [2.24, 2.45) is 0 Å². The van der Waals surface area contributed by atoms with Crippen LogP contribution in [0.4, 0.5) is 0 Å². The van der Waals surface area contributed by atoms with Gasteiger partial charge in [-0.3, -0.25) is 0 Å². The van der Waals surface area contributed by atoms with E-state index in [2.05, 4.69) is 290 Å². The summed E-state index contributed by atoms with van der Waals surface area (Å²) in [6, 6.07) is 145. The number of hydrogen-bond donors (Lipinski definition) is 0. The fraction of sp³-hybridized carbons (Fsp3) is 0.0714. The molecular formula is C126H87N9O3. The van der Waals surface area contributed by atoms with Gasteiger partial charge in [-0.1, -0.05) is 412 Å². The third-order valence-electron chi connectivity index (χ3n) is 28.0. The minimum Gasteiger partial charge on any atom is -0.456 e. The first-order valence-corrected chi connectivity index (χ1v) is 46.9. The van der Waals surface area contributed by atoms with Crippen LogP contribution in [-0.2, 0) is 16.2 Å². The van der Waals surface area contributed by atoms with Crippen molar-refractivity contribution in [3.05, 3.63) is 452 Å². The van der Waals surface area contributed by atoms with Gasteiger partial charge in [0.05, 0.1) is 0 Å². The van der Waals surface area contributed by atoms with Gasteiger partial charge < -0.3 is 13.3 Å². The SMILES string of the molecule is CC1(C)c2cccc(-c3ccc(-c4nc(-c5ccccc5)nc(-c5ccccc5)n4)cc3)c2-c2c1ccc1oc3ccccc3c21.CC1(C)c2cccc(-c3cccc(-c4nc(-c5ccccc5)nc(-c5ccccc5)n4)c3)c2-c2c1ccc1oc3ccccc3c21.CC1(C)c2cccc(-c3nc(-c4ccccc4)nc(-c4cccc(-c5ccccc5)c4)n3)c2-c2c1ccc1oc3ccccc3c21. The van der Waals surface area contributed by atoms with Crippen molar-refractivity contribution in [2.45, 2.75) is 57.8 Å². The lowest BCUT2D eigenvalue weighted by atomic mass is 9.82. The highest BCUT2D eigenvalue weighted by Crippen LogP contribution is 2.60. The summed E-state index contributed by atoms with van der Waals surface area (Å²) in [7, 11) is 0. The van der Waals surface area contributed by atoms with E-state index < -0.39 is 0 Å². The average Bonchev–Trinajstić information content (AvgIpc) is 1.55. The van der Waals surface area contributed by atoms with Crippen LogP contribution < -0.4 is 0 Å². The molecule has 0 saturated heterocycles. The molecule has 12 heteroatoms. The fourth-order valence-electron chi connectivity index (χ4n) is 21.2. The zero-order valence-electron chi connectivity index (χ0n) is 76.6. The zero-order valence-corrected chi connectivity index (χ0v) is 76.6. The van der Waals surface area contributed by atoms with Crippen LogP contribution in [0.1, 0.15) is 74.9 Å². The number of furan rings is 3. The summed E-state index contributed by atoms with van der Waals surface area (Å²) in [6.07, 6.45) is 0. The van der Waals surface area contributed by atoms with E-state index in [0.29, 0.717) is 52.4 Å². The minimum absolute atomic E-state index is 0.139. The lowest BCUT2D eigenvalue weighted by Gasteiger charge is -2.21. The second-order valence-corrected chi connectivity index (χ2v) is 37.3. The van der Waals surface area contributed by atoms with Crippen LogP contribution in [0, 0.1) is 0 Å². The molecule has 0 unspecified atom stereocenters. The average molecular weight is 1780 g/mol. The lowest BCUT2D eigenvalue weighted by molar-refractivity contribution is 0.656. The predicted molar refractivity (Wildman–Crippen MR) is 559 cm³/mol. The Kier molecular flexibility index (Phi) is 19.6. The molecule has 0 saturated carbocycles. The maximum absolute atomic E-state index is 6.37. The second-order valence-electron chi connectivity index (χ2n) is 37.3. The maximum atomic E-state index is 6.37. The highest BCUT2D eigenvalue weighted by Gasteiger charge is 2.43. The molecule has 138 heavy (non-hydrogen) atoms. The van der Waals surface area contributed by atoms with Crippen molar-refractivity contribution in [3.8, 4) is 169 Å². The van der Waals surface area contributed by atoms with Crippen molar-refractivity contribution in [1.29, 1.82) is 0 Å². The van der Waals surface area contributed by atoms with Crippen LogP contribution in [0.3, 0.4) is 0 Å². The molecule has 6 aromatic heterocycles. The molecule has 654 valence electrons. The first kappa shape index (κ1) is 82.3. The summed E-state index contributed by atoms with van der Waals surface area (Å²) < 4.78 is 19.1. The van der Waals surface area contributed by atoms with Crippen molar-refractivity contribution < 1.29 is 13.3 Å². The van der Waals surface area contributed by atoms with Crippen LogP contribution in [0.2, 0.25) is 0 Å². The van der Waals surface area contributed by atoms with E-state index in [4.69, 9.17) is 58.1 Å². The smallest absolute Gasteiger partial charge is 0.164 e. The largest absolute Gasteiger partial charge is 0.456 e. The minimum atomic E-state index is -0.213. The van der Waals surface area contributed by atoms with E-state index >= 15 is 0 Å². The molecule has 12 nitrogen and oxygen atoms in total. The van der Waals surface area contributed by atoms with Crippen LogP contribution in [0.25, 0.3) is 235 Å². The van der Waals surface area contributed by atoms with E-state index in [-0.39, 0.29) is 16.2 Å². The summed E-state index contributed by atoms with van der Waals surface area (Å²) in [4.78, 5) is 45.0. The van der Waals surface area contributed by atoms with Crippen molar-refractivity contribution in [1.82, 2.24) is 44.9 Å². The number of hydrogen-bond acceptors (Lipinski definition) is 12. The van der Waals surface area contributed by atoms with Gasteiger partial charge >= 0.3 is 0 Å². The van der Waals surface area contributed by atoms with E-state index in [0.717, 1.165) is 133 Å². The molecule has 18 aromatic carbocycles. The van der Waals surface area contributed by atoms with Gasteiger partial charge in [0.1, 0.15) is 33.5 Å². The number of aromatic nitrogens is 9. The third-order valence-corrected chi connectivity index (χ3v) is 28.0. The Morgan fingerprint density at radius 2 is 0.384 bits per heavy atom. The van der Waals surface area contributed by atoms with Gasteiger partial charge in [-0.2, -0.15) is 0 Å². The molecule has 3 aliphatic carbocycles. The molecule has 0 aliphatic heterocycles. The van der Waals surface area contributed by atoms with Crippen LogP contribution in [0.15, 0.2) is 432 Å². The normalized spacial score (nSPS) is 13.2. The predicted octanol–water partition coefficient (Wildman–Crippen LogP) is 32.2. The molecule has 3 aliphatic rings. The fourth-order valence-corrected chi connectivity index (χ4v) is 21.2. The number of fused-ring (bicyclic) bond motifs is 21. The molecule has 27 rings (SSSR count). The van der Waals surface area contributed by atoms with Crippen LogP contribution in [-0.4, -0.2) is 44.9 Å². The number of para-hydroxylation sites is 3. The highest BCUT2D eigenvalue weighted by molar-refractivity contribution is 6.20. The highest BCUT2D eigenvalue weighted by atomic mass is 16.3. The monoisotopic (exact) mass is 1770 g/mol. The van der Waals surface area contributed by atoms with Crippen LogP contribution in [0.5, 0.6) is 0 Å². The Balaban J connectivity index is 0.000000110. The summed E-state index contributed by atoms with van der Waals surface area (Å²) in [5.41, 5.74) is 35.7. The van der Waals surface area contributed by atoms with Crippen molar-refractivity contribution in [2.75, 3.05) is 0 Å². The quantitative estimate of drug-likeness (QED) is 0.114. The van der Waals surface area contributed by atoms with Gasteiger partial charge in [0.25, 0.3) is 0 Å². The van der Waals surface area contributed by atoms with Crippen molar-refractivity contribution in [3.63, 3.8) is 0 Å². The molecule has 0 atom stereocenters. The molecule has 0 bridgehead atoms. The first-order valence-electron chi connectivity index (χ1n) is 46.9. The molecule has 0 radical (unpaired) electrons. The van der Waals surface area contributed by atoms with Gasteiger partial charge in [-0.25, -0.2) is 44.9 Å². The van der Waals surface area contributed by atoms with E-state index in [1.54, 1.807) is 0 Å². The molecule has 0 fully saturated rings. The molecule has 24 aromatic rings. The summed E-state index contributed by atoms with van der Waals surface area (Å²) >= 11 is 0. The molecule has 0 amide bonds. The molecule has 6 heterocycles. The topological polar surface area (TPSA) is 155 Å². The Bertz CT molecular complexity index is 8850. The zero-order chi connectivity index (χ0) is 92.5. The van der Waals surface area contributed by atoms with E-state index in [1.165, 1.54) is 83.1 Å². The molecular weight excluding hydrogens is 1690 g/mol. The molecule has 0 N–H and O–H groups in total. The Morgan fingerprint density at radius 1 is 0.152 bits per heavy atom. The second kappa shape index (κ2) is 32.9. The number of rotatable bonds is 12. The Morgan fingerprint density at radius 3 is 0.732 bits per heavy atom. The summed E-state index contributed by atoms with van der Waals surface area (Å²) in [6.45, 7) is 13.9. The first-order chi connectivity index (χ1) is 67.7. The maximum Gasteiger partial charge on any atom is 0.164 e. The standard InChI is InChI=1S/3C42H29N3O/c1-42(2)32-21-12-20-30(36(32)38-33(42)23-24-35-37(38)31-19-9-10-22-34(31)46-35)28-17-11-18-29(25-28)41-44-39(26-13-5-3-6-14-26)43-40(45-41)27-15-7-4-8-16-27;1-42(2)32-21-12-20-31(36(32)38-33(42)23-24-35-37(38)30-19-9-10-22-34(30)46-35)41-44-39(27-15-7-4-8-16-27)43-40(45-41)29-18-11-17-28(25-29)26-13-5-3-6-14-26;1-42(2)32-18-11-17-30(36(32)38-33(42)24-25-35-37(38)31-16-9-10-19-34(31)46-35)26-20-22-29(23-21-26)41-44-39(27-12-5-3-6-13-27)43-40(45-41)28-14-7-4-8-15-28/h3*3-25H,1-2H3. The molecule has 0 spiro atoms. The number of nitrogens with zero attached hydrogens (tertiary/aromatic N) is 9. The van der Waals surface area contributed by atoms with E-state index in [1.807, 2.05) is 170 Å². The van der Waals surface area contributed by atoms with Gasteiger partial charge in [0.15, 0.2) is 52.4 Å². The van der Waals surface area contributed by atoms with Gasteiger partial charge in [0, 0.05) is 98.6 Å². The van der Waals surface area contributed by atoms with Gasteiger partial charge in [-0.05, 0) is 149 Å². The Labute approximate surface area is 797 Å². The summed E-state index contributed by atoms with van der Waals surface area (Å²) in [5, 5.41) is 6.93. The summed E-state index contributed by atoms with van der Waals surface area (Å²) in [5.74, 6) is 5.85. The van der Waals surface area contributed by atoms with Crippen molar-refractivity contribution >= 4 is 65.8 Å². The Hall–Kier alpha value is -17.6. The van der Waals surface area contributed by atoms with Gasteiger partial charge in [-0.15, -0.1) is 0 Å². The lowest BCUT2D eigenvalue weighted by Crippen LogP contribution is -2.14.